The Morgan fingerprint density at radius 2 is 1.83 bits per heavy atom. The van der Waals surface area contributed by atoms with Gasteiger partial charge in [0.25, 0.3) is 10.0 Å². The molecule has 4 rings (SSSR count). The van der Waals surface area contributed by atoms with Gasteiger partial charge in [0.15, 0.2) is 0 Å². The van der Waals surface area contributed by atoms with Gasteiger partial charge in [-0.1, -0.05) is 29.8 Å². The van der Waals surface area contributed by atoms with Crippen molar-refractivity contribution in [2.24, 2.45) is 0 Å². The summed E-state index contributed by atoms with van der Waals surface area (Å²) in [6, 6.07) is 13.3. The molecular formula is C18H18N2O2S. The molecule has 3 aromatic rings. The van der Waals surface area contributed by atoms with Gasteiger partial charge in [0.2, 0.25) is 0 Å². The van der Waals surface area contributed by atoms with Gasteiger partial charge in [-0.25, -0.2) is 8.42 Å². The molecule has 0 unspecified atom stereocenters. The Morgan fingerprint density at radius 3 is 2.52 bits per heavy atom. The number of benzene rings is 2. The van der Waals surface area contributed by atoms with E-state index < -0.39 is 10.0 Å². The van der Waals surface area contributed by atoms with Gasteiger partial charge in [-0.15, -0.1) is 0 Å². The van der Waals surface area contributed by atoms with E-state index in [4.69, 9.17) is 0 Å². The number of anilines is 1. The molecule has 23 heavy (non-hydrogen) atoms. The molecule has 2 aromatic carbocycles. The van der Waals surface area contributed by atoms with Crippen LogP contribution in [0.25, 0.3) is 10.9 Å². The van der Waals surface area contributed by atoms with Crippen molar-refractivity contribution < 1.29 is 8.42 Å². The van der Waals surface area contributed by atoms with Crippen LogP contribution in [0.3, 0.4) is 0 Å². The summed E-state index contributed by atoms with van der Waals surface area (Å²) in [7, 11) is -3.61. The van der Waals surface area contributed by atoms with Gasteiger partial charge in [-0.2, -0.15) is 0 Å². The van der Waals surface area contributed by atoms with Crippen LogP contribution in [0.4, 0.5) is 5.69 Å². The maximum absolute atomic E-state index is 12.7. The zero-order valence-electron chi connectivity index (χ0n) is 12.8. The van der Waals surface area contributed by atoms with Gasteiger partial charge in [0.05, 0.1) is 0 Å². The highest BCUT2D eigenvalue weighted by Gasteiger charge is 2.25. The highest BCUT2D eigenvalue weighted by atomic mass is 32.2. The van der Waals surface area contributed by atoms with Crippen LogP contribution in [0.2, 0.25) is 0 Å². The Balaban J connectivity index is 1.70. The lowest BCUT2D eigenvalue weighted by molar-refractivity contribution is 0.602. The number of nitrogens with one attached hydrogen (secondary N) is 2. The smallest absolute Gasteiger partial charge is 0.264 e. The van der Waals surface area contributed by atoms with Crippen molar-refractivity contribution in [2.45, 2.75) is 30.6 Å². The molecule has 1 fully saturated rings. The van der Waals surface area contributed by atoms with Crippen LogP contribution in [0, 0.1) is 6.92 Å². The number of aryl methyl sites for hydroxylation is 1. The van der Waals surface area contributed by atoms with Crippen molar-refractivity contribution in [3.05, 3.63) is 59.8 Å². The topological polar surface area (TPSA) is 62.0 Å². The minimum absolute atomic E-state index is 0.287. The Morgan fingerprint density at radius 1 is 1.09 bits per heavy atom. The average molecular weight is 326 g/mol. The van der Waals surface area contributed by atoms with Gasteiger partial charge in [-0.3, -0.25) is 4.72 Å². The second kappa shape index (κ2) is 5.13. The third-order valence-electron chi connectivity index (χ3n) is 4.31. The molecule has 0 spiro atoms. The van der Waals surface area contributed by atoms with E-state index in [1.807, 2.05) is 31.2 Å². The summed E-state index contributed by atoms with van der Waals surface area (Å²) in [4.78, 5) is 3.38. The van der Waals surface area contributed by atoms with Crippen molar-refractivity contribution in [1.82, 2.24) is 4.98 Å². The fourth-order valence-corrected chi connectivity index (χ4v) is 4.08. The lowest BCUT2D eigenvalue weighted by Crippen LogP contribution is -2.12. The molecule has 0 saturated heterocycles. The molecule has 2 N–H and O–H groups in total. The monoisotopic (exact) mass is 326 g/mol. The zero-order valence-corrected chi connectivity index (χ0v) is 13.7. The molecule has 118 valence electrons. The van der Waals surface area contributed by atoms with Gasteiger partial charge < -0.3 is 4.98 Å². The number of hydrogen-bond donors (Lipinski definition) is 2. The summed E-state index contributed by atoms with van der Waals surface area (Å²) >= 11 is 0. The molecule has 1 aromatic heterocycles. The van der Waals surface area contributed by atoms with Gasteiger partial charge >= 0.3 is 0 Å². The molecule has 0 radical (unpaired) electrons. The van der Waals surface area contributed by atoms with Crippen LogP contribution in [-0.2, 0) is 10.0 Å². The fraction of sp³-hybridized carbons (Fsp3) is 0.222. The van der Waals surface area contributed by atoms with E-state index >= 15 is 0 Å². The maximum atomic E-state index is 12.7. The first kappa shape index (κ1) is 14.3. The normalized spacial score (nSPS) is 15.0. The van der Waals surface area contributed by atoms with Crippen molar-refractivity contribution in [3.8, 4) is 0 Å². The van der Waals surface area contributed by atoms with Crippen molar-refractivity contribution in [3.63, 3.8) is 0 Å². The largest absolute Gasteiger partial charge is 0.360 e. The number of sulfonamides is 1. The second-order valence-electron chi connectivity index (χ2n) is 6.20. The first-order valence-corrected chi connectivity index (χ1v) is 9.22. The standard InChI is InChI=1S/C18H18N2O2S/c1-12-2-7-15(8-3-12)20-23(21,22)18-11-19-17-10-14(13-4-5-13)6-9-16(17)18/h2-3,6-11,13,19-20H,4-5H2,1H3. The summed E-state index contributed by atoms with van der Waals surface area (Å²) in [5.41, 5.74) is 3.82. The van der Waals surface area contributed by atoms with Crippen LogP contribution < -0.4 is 4.72 Å². The van der Waals surface area contributed by atoms with E-state index in [9.17, 15) is 8.42 Å². The van der Waals surface area contributed by atoms with E-state index in [-0.39, 0.29) is 4.90 Å². The van der Waals surface area contributed by atoms with E-state index in [1.54, 1.807) is 18.3 Å². The zero-order chi connectivity index (χ0) is 16.0. The molecule has 4 nitrogen and oxygen atoms in total. The number of rotatable bonds is 4. The molecular weight excluding hydrogens is 308 g/mol. The third-order valence-corrected chi connectivity index (χ3v) is 5.73. The van der Waals surface area contributed by atoms with Gasteiger partial charge in [-0.05, 0) is 49.4 Å². The summed E-state index contributed by atoms with van der Waals surface area (Å²) in [6.07, 6.45) is 4.02. The Labute approximate surface area is 135 Å². The average Bonchev–Trinajstić information content (AvgIpc) is 3.28. The van der Waals surface area contributed by atoms with Crippen LogP contribution in [0.15, 0.2) is 53.6 Å². The van der Waals surface area contributed by atoms with E-state index in [0.717, 1.165) is 16.5 Å². The Kier molecular flexibility index (Phi) is 3.20. The number of aromatic nitrogens is 1. The van der Waals surface area contributed by atoms with E-state index in [0.29, 0.717) is 11.6 Å². The summed E-state index contributed by atoms with van der Waals surface area (Å²) in [6.45, 7) is 1.97. The highest BCUT2D eigenvalue weighted by Crippen LogP contribution is 2.41. The predicted molar refractivity (Wildman–Crippen MR) is 92.3 cm³/mol. The van der Waals surface area contributed by atoms with Crippen LogP contribution in [-0.4, -0.2) is 13.4 Å². The quantitative estimate of drug-likeness (QED) is 0.756. The van der Waals surface area contributed by atoms with Crippen LogP contribution >= 0.6 is 0 Å². The first-order chi connectivity index (χ1) is 11.0. The summed E-state index contributed by atoms with van der Waals surface area (Å²) < 4.78 is 28.0. The molecule has 0 atom stereocenters. The number of fused-ring (bicyclic) bond motifs is 1. The van der Waals surface area contributed by atoms with Gasteiger partial charge in [0.1, 0.15) is 4.90 Å². The molecule has 5 heteroatoms. The van der Waals surface area contributed by atoms with Gasteiger partial charge in [0, 0.05) is 22.8 Å². The lowest BCUT2D eigenvalue weighted by atomic mass is 10.1. The SMILES string of the molecule is Cc1ccc(NS(=O)(=O)c2c[nH]c3cc(C4CC4)ccc23)cc1. The van der Waals surface area contributed by atoms with Crippen molar-refractivity contribution in [2.75, 3.05) is 4.72 Å². The van der Waals surface area contributed by atoms with Crippen LogP contribution in [0.5, 0.6) is 0 Å². The third kappa shape index (κ3) is 2.72. The van der Waals surface area contributed by atoms with Crippen molar-refractivity contribution >= 4 is 26.6 Å². The molecule has 1 heterocycles. The molecule has 0 aliphatic heterocycles. The molecule has 1 saturated carbocycles. The number of H-pyrrole nitrogens is 1. The first-order valence-electron chi connectivity index (χ1n) is 7.73. The minimum atomic E-state index is -3.61. The number of hydrogen-bond acceptors (Lipinski definition) is 2. The Hall–Kier alpha value is -2.27. The molecule has 0 amide bonds. The molecule has 1 aliphatic carbocycles. The summed E-state index contributed by atoms with van der Waals surface area (Å²) in [5, 5.41) is 0.731. The second-order valence-corrected chi connectivity index (χ2v) is 7.85. The van der Waals surface area contributed by atoms with Crippen molar-refractivity contribution in [1.29, 1.82) is 0 Å². The highest BCUT2D eigenvalue weighted by molar-refractivity contribution is 7.93. The number of aromatic amines is 1. The van der Waals surface area contributed by atoms with E-state index in [2.05, 4.69) is 15.8 Å². The fourth-order valence-electron chi connectivity index (χ4n) is 2.84. The van der Waals surface area contributed by atoms with E-state index in [1.165, 1.54) is 18.4 Å². The Bertz CT molecular complexity index is 968. The summed E-state index contributed by atoms with van der Waals surface area (Å²) in [5.74, 6) is 0.647. The predicted octanol–water partition coefficient (Wildman–Crippen LogP) is 4.15. The lowest BCUT2D eigenvalue weighted by Gasteiger charge is -2.07. The molecule has 0 bridgehead atoms. The van der Waals surface area contributed by atoms with Crippen LogP contribution in [0.1, 0.15) is 29.9 Å². The molecule has 1 aliphatic rings. The minimum Gasteiger partial charge on any atom is -0.360 e. The maximum Gasteiger partial charge on any atom is 0.264 e.